The van der Waals surface area contributed by atoms with Crippen LogP contribution in [0.5, 0.6) is 0 Å². The molecule has 0 saturated heterocycles. The van der Waals surface area contributed by atoms with E-state index in [1.165, 1.54) is 19.9 Å². The average Bonchev–Trinajstić information content (AvgIpc) is 3.14. The van der Waals surface area contributed by atoms with Gasteiger partial charge in [0.05, 0.1) is 20.0 Å². The van der Waals surface area contributed by atoms with Crippen LogP contribution in [-0.4, -0.2) is 71.2 Å². The number of aromatic nitrogens is 2. The number of ether oxygens (including phenoxy) is 2. The van der Waals surface area contributed by atoms with Crippen LogP contribution < -0.4 is 5.32 Å². The maximum Gasteiger partial charge on any atom is 0.359 e. The number of hydrogen-bond acceptors (Lipinski definition) is 6. The number of amides is 2. The molecule has 2 amide bonds. The highest BCUT2D eigenvalue weighted by Crippen LogP contribution is 2.30. The van der Waals surface area contributed by atoms with Crippen molar-refractivity contribution in [3.63, 3.8) is 0 Å². The van der Waals surface area contributed by atoms with E-state index in [0.717, 1.165) is 25.7 Å². The number of methoxy groups -OCH3 is 2. The second-order valence-corrected chi connectivity index (χ2v) is 7.95. The zero-order valence-electron chi connectivity index (χ0n) is 17.4. The fourth-order valence-corrected chi connectivity index (χ4v) is 4.24. The Bertz CT molecular complexity index is 771. The van der Waals surface area contributed by atoms with Gasteiger partial charge in [0.15, 0.2) is 5.69 Å². The predicted molar refractivity (Wildman–Crippen MR) is 105 cm³/mol. The van der Waals surface area contributed by atoms with Gasteiger partial charge >= 0.3 is 5.97 Å². The fraction of sp³-hybridized carbons (Fsp3) is 0.700. The number of carbonyl (C=O) groups excluding carboxylic acids is 3. The van der Waals surface area contributed by atoms with E-state index >= 15 is 0 Å². The molecule has 1 aromatic heterocycles. The second-order valence-electron chi connectivity index (χ2n) is 7.95. The maximum atomic E-state index is 13.4. The van der Waals surface area contributed by atoms with Gasteiger partial charge in [0, 0.05) is 26.3 Å². The molecule has 2 aliphatic rings. The van der Waals surface area contributed by atoms with Crippen molar-refractivity contribution >= 4 is 17.8 Å². The van der Waals surface area contributed by atoms with Gasteiger partial charge < -0.3 is 24.3 Å². The molecule has 1 atom stereocenters. The van der Waals surface area contributed by atoms with E-state index in [-0.39, 0.29) is 29.9 Å². The first kappa shape index (κ1) is 21.3. The Morgan fingerprint density at radius 2 is 2.00 bits per heavy atom. The summed E-state index contributed by atoms with van der Waals surface area (Å²) in [6.45, 7) is 2.81. The Hall–Kier alpha value is -2.42. The van der Waals surface area contributed by atoms with Crippen LogP contribution in [0, 0.1) is 0 Å². The third-order valence-electron chi connectivity index (χ3n) is 5.90. The van der Waals surface area contributed by atoms with E-state index in [1.807, 2.05) is 0 Å². The van der Waals surface area contributed by atoms with Crippen molar-refractivity contribution in [2.45, 2.75) is 63.6 Å². The van der Waals surface area contributed by atoms with Crippen LogP contribution >= 0.6 is 0 Å². The lowest BCUT2D eigenvalue weighted by Gasteiger charge is -2.44. The summed E-state index contributed by atoms with van der Waals surface area (Å²) in [5.41, 5.74) is -0.940. The normalized spacial score (nSPS) is 22.3. The third kappa shape index (κ3) is 4.14. The number of imidazole rings is 1. The third-order valence-corrected chi connectivity index (χ3v) is 5.90. The number of fused-ring (bicyclic) bond motifs is 1. The van der Waals surface area contributed by atoms with Crippen LogP contribution in [0.4, 0.5) is 0 Å². The smallest absolute Gasteiger partial charge is 0.359 e. The van der Waals surface area contributed by atoms with Crippen molar-refractivity contribution in [3.8, 4) is 0 Å². The summed E-state index contributed by atoms with van der Waals surface area (Å²) in [7, 11) is 2.84. The molecule has 1 aliphatic heterocycles. The topological polar surface area (TPSA) is 103 Å². The number of nitrogens with zero attached hydrogens (tertiary/aromatic N) is 3. The lowest BCUT2D eigenvalue weighted by atomic mass is 9.91. The highest BCUT2D eigenvalue weighted by Gasteiger charge is 2.49. The number of nitrogens with one attached hydrogen (secondary N) is 1. The summed E-state index contributed by atoms with van der Waals surface area (Å²) in [6.07, 6.45) is 7.33. The standard InChI is InChI=1S/C20H30N4O5/c1-20(19(27)22-14-8-5-4-6-9-14)12-23-13-21-15(18(26)29-3)16(23)17(25)24(20)10-7-11-28-2/h13-14H,4-12H2,1-3H3,(H,22,27)/t20-/m1/s1. The van der Waals surface area contributed by atoms with Crippen molar-refractivity contribution in [2.24, 2.45) is 0 Å². The molecular formula is C20H30N4O5. The van der Waals surface area contributed by atoms with E-state index in [4.69, 9.17) is 9.47 Å². The largest absolute Gasteiger partial charge is 0.464 e. The van der Waals surface area contributed by atoms with Crippen LogP contribution in [-0.2, 0) is 20.8 Å². The molecule has 1 N–H and O–H groups in total. The maximum absolute atomic E-state index is 13.4. The Balaban J connectivity index is 1.91. The SMILES string of the molecule is COCCCN1C(=O)c2c(C(=O)OC)ncn2C[C@]1(C)C(=O)NC1CCCCC1. The van der Waals surface area contributed by atoms with Crippen LogP contribution in [0.25, 0.3) is 0 Å². The van der Waals surface area contributed by atoms with Gasteiger partial charge in [0.25, 0.3) is 5.91 Å². The van der Waals surface area contributed by atoms with Crippen molar-refractivity contribution in [2.75, 3.05) is 27.4 Å². The number of carbonyl (C=O) groups is 3. The van der Waals surface area contributed by atoms with E-state index in [1.54, 1.807) is 23.5 Å². The van der Waals surface area contributed by atoms with Crippen molar-refractivity contribution < 1.29 is 23.9 Å². The Labute approximate surface area is 170 Å². The van der Waals surface area contributed by atoms with Gasteiger partial charge in [-0.25, -0.2) is 9.78 Å². The van der Waals surface area contributed by atoms with Gasteiger partial charge in [-0.15, -0.1) is 0 Å². The van der Waals surface area contributed by atoms with Gasteiger partial charge in [-0.2, -0.15) is 0 Å². The molecule has 1 saturated carbocycles. The molecule has 1 aromatic rings. The number of esters is 1. The molecule has 0 spiro atoms. The quantitative estimate of drug-likeness (QED) is 0.542. The fourth-order valence-electron chi connectivity index (χ4n) is 4.24. The molecule has 2 heterocycles. The molecule has 0 unspecified atom stereocenters. The molecule has 0 radical (unpaired) electrons. The highest BCUT2D eigenvalue weighted by atomic mass is 16.5. The summed E-state index contributed by atoms with van der Waals surface area (Å²) in [5.74, 6) is -1.24. The minimum atomic E-state index is -1.08. The molecule has 9 nitrogen and oxygen atoms in total. The van der Waals surface area contributed by atoms with Crippen molar-refractivity contribution in [3.05, 3.63) is 17.7 Å². The summed E-state index contributed by atoms with van der Waals surface area (Å²) >= 11 is 0. The van der Waals surface area contributed by atoms with Crippen LogP contribution in [0.3, 0.4) is 0 Å². The Morgan fingerprint density at radius 3 is 2.66 bits per heavy atom. The predicted octanol–water partition coefficient (Wildman–Crippen LogP) is 1.37. The summed E-state index contributed by atoms with van der Waals surface area (Å²) in [5, 5.41) is 3.15. The molecule has 9 heteroatoms. The van der Waals surface area contributed by atoms with Crippen LogP contribution in [0.15, 0.2) is 6.33 Å². The number of hydrogen-bond donors (Lipinski definition) is 1. The monoisotopic (exact) mass is 406 g/mol. The molecule has 3 rings (SSSR count). The van der Waals surface area contributed by atoms with Crippen molar-refractivity contribution in [1.82, 2.24) is 19.8 Å². The molecular weight excluding hydrogens is 376 g/mol. The Morgan fingerprint density at radius 1 is 1.28 bits per heavy atom. The first-order valence-electron chi connectivity index (χ1n) is 10.2. The zero-order chi connectivity index (χ0) is 21.0. The van der Waals surface area contributed by atoms with E-state index in [9.17, 15) is 14.4 Å². The Kier molecular flexibility index (Phi) is 6.56. The highest BCUT2D eigenvalue weighted by molar-refractivity contribution is 6.06. The van der Waals surface area contributed by atoms with Gasteiger partial charge in [0.2, 0.25) is 5.91 Å². The van der Waals surface area contributed by atoms with Gasteiger partial charge in [-0.3, -0.25) is 9.59 Å². The van der Waals surface area contributed by atoms with Gasteiger partial charge in [-0.05, 0) is 26.2 Å². The lowest BCUT2D eigenvalue weighted by molar-refractivity contribution is -0.134. The van der Waals surface area contributed by atoms with E-state index in [0.29, 0.717) is 19.6 Å². The average molecular weight is 406 g/mol. The molecule has 0 aromatic carbocycles. The van der Waals surface area contributed by atoms with Gasteiger partial charge in [0.1, 0.15) is 11.2 Å². The minimum Gasteiger partial charge on any atom is -0.464 e. The summed E-state index contributed by atoms with van der Waals surface area (Å²) in [4.78, 5) is 44.4. The molecule has 0 bridgehead atoms. The molecule has 160 valence electrons. The molecule has 1 fully saturated rings. The molecule has 1 aliphatic carbocycles. The number of rotatable bonds is 7. The van der Waals surface area contributed by atoms with Gasteiger partial charge in [-0.1, -0.05) is 19.3 Å². The van der Waals surface area contributed by atoms with Crippen molar-refractivity contribution in [1.29, 1.82) is 0 Å². The summed E-state index contributed by atoms with van der Waals surface area (Å²) in [6, 6.07) is 0.138. The lowest BCUT2D eigenvalue weighted by Crippen LogP contribution is -2.65. The van der Waals surface area contributed by atoms with Crippen LogP contribution in [0.1, 0.15) is 66.4 Å². The van der Waals surface area contributed by atoms with E-state index < -0.39 is 17.4 Å². The minimum absolute atomic E-state index is 0.0241. The second kappa shape index (κ2) is 8.94. The van der Waals surface area contributed by atoms with E-state index in [2.05, 4.69) is 10.3 Å². The zero-order valence-corrected chi connectivity index (χ0v) is 17.4. The first-order valence-corrected chi connectivity index (χ1v) is 10.2. The molecule has 29 heavy (non-hydrogen) atoms. The summed E-state index contributed by atoms with van der Waals surface area (Å²) < 4.78 is 11.5. The van der Waals surface area contributed by atoms with Crippen LogP contribution in [0.2, 0.25) is 0 Å². The first-order chi connectivity index (χ1) is 13.9.